The van der Waals surface area contributed by atoms with Crippen LogP contribution in [-0.2, 0) is 6.54 Å². The van der Waals surface area contributed by atoms with E-state index in [1.807, 2.05) is 0 Å². The van der Waals surface area contributed by atoms with Crippen LogP contribution in [0.2, 0.25) is 0 Å². The summed E-state index contributed by atoms with van der Waals surface area (Å²) >= 11 is 0. The topological polar surface area (TPSA) is 54.7 Å². The Morgan fingerprint density at radius 1 is 1.38 bits per heavy atom. The Hall–Kier alpha value is -2.64. The van der Waals surface area contributed by atoms with Gasteiger partial charge < -0.3 is 19.4 Å². The summed E-state index contributed by atoms with van der Waals surface area (Å²) in [4.78, 5) is 13.3. The molecule has 0 unspecified atom stereocenters. The van der Waals surface area contributed by atoms with Gasteiger partial charge in [0.15, 0.2) is 11.6 Å². The first-order chi connectivity index (χ1) is 11.4. The SMILES string of the molecule is COc1ccc([C@H](NC(=O)N(C)Cc2ccco2)C(F)F)cc1F. The molecule has 1 atom stereocenters. The third-order valence-corrected chi connectivity index (χ3v) is 3.39. The standard InChI is InChI=1S/C16H17F3N2O3/c1-21(9-11-4-3-7-24-11)16(22)20-14(15(18)19)10-5-6-13(23-2)12(17)8-10/h3-8,14-15H,9H2,1-2H3,(H,20,22)/t14-/m0/s1. The highest BCUT2D eigenvalue weighted by Crippen LogP contribution is 2.26. The van der Waals surface area contributed by atoms with Gasteiger partial charge in [0, 0.05) is 7.05 Å². The van der Waals surface area contributed by atoms with Crippen molar-refractivity contribution < 1.29 is 27.1 Å². The summed E-state index contributed by atoms with van der Waals surface area (Å²) in [7, 11) is 2.71. The number of furan rings is 1. The van der Waals surface area contributed by atoms with Crippen molar-refractivity contribution in [2.45, 2.75) is 19.0 Å². The number of alkyl halides is 2. The summed E-state index contributed by atoms with van der Waals surface area (Å²) in [6, 6.07) is 4.38. The van der Waals surface area contributed by atoms with Gasteiger partial charge in [0.05, 0.1) is 19.9 Å². The fourth-order valence-electron chi connectivity index (χ4n) is 2.12. The summed E-state index contributed by atoms with van der Waals surface area (Å²) in [6.45, 7) is 0.117. The molecule has 130 valence electrons. The van der Waals surface area contributed by atoms with Crippen LogP contribution >= 0.6 is 0 Å². The van der Waals surface area contributed by atoms with Crippen LogP contribution in [0.1, 0.15) is 17.4 Å². The summed E-state index contributed by atoms with van der Waals surface area (Å²) in [6.07, 6.45) is -1.46. The summed E-state index contributed by atoms with van der Waals surface area (Å²) in [5.74, 6) is -0.330. The van der Waals surface area contributed by atoms with Crippen molar-refractivity contribution >= 4 is 6.03 Å². The number of amides is 2. The monoisotopic (exact) mass is 342 g/mol. The van der Waals surface area contributed by atoms with Crippen LogP contribution in [0.5, 0.6) is 5.75 Å². The van der Waals surface area contributed by atoms with Gasteiger partial charge in [0.25, 0.3) is 6.43 Å². The van der Waals surface area contributed by atoms with Crippen LogP contribution in [0.15, 0.2) is 41.0 Å². The Balaban J connectivity index is 2.10. The van der Waals surface area contributed by atoms with Gasteiger partial charge in [-0.15, -0.1) is 0 Å². The van der Waals surface area contributed by atoms with Crippen molar-refractivity contribution in [3.05, 3.63) is 53.7 Å². The lowest BCUT2D eigenvalue weighted by molar-refractivity contribution is 0.0968. The number of carbonyl (C=O) groups excluding carboxylic acids is 1. The lowest BCUT2D eigenvalue weighted by atomic mass is 10.1. The molecule has 1 N–H and O–H groups in total. The number of ether oxygens (including phenoxy) is 1. The number of rotatable bonds is 6. The molecule has 0 bridgehead atoms. The van der Waals surface area contributed by atoms with Crippen molar-refractivity contribution in [2.24, 2.45) is 0 Å². The highest BCUT2D eigenvalue weighted by atomic mass is 19.3. The second-order valence-corrected chi connectivity index (χ2v) is 5.09. The molecular weight excluding hydrogens is 325 g/mol. The zero-order valence-electron chi connectivity index (χ0n) is 13.1. The maximum absolute atomic E-state index is 13.7. The maximum atomic E-state index is 13.7. The minimum Gasteiger partial charge on any atom is -0.494 e. The van der Waals surface area contributed by atoms with Crippen LogP contribution < -0.4 is 10.1 Å². The van der Waals surface area contributed by atoms with Gasteiger partial charge in [0.2, 0.25) is 0 Å². The Bertz CT molecular complexity index is 677. The van der Waals surface area contributed by atoms with Crippen molar-refractivity contribution in [1.82, 2.24) is 10.2 Å². The van der Waals surface area contributed by atoms with Gasteiger partial charge in [-0.25, -0.2) is 18.0 Å². The largest absolute Gasteiger partial charge is 0.494 e. The summed E-state index contributed by atoms with van der Waals surface area (Å²) in [5, 5.41) is 2.20. The fraction of sp³-hybridized carbons (Fsp3) is 0.312. The summed E-state index contributed by atoms with van der Waals surface area (Å²) in [5.41, 5.74) is -0.0527. The summed E-state index contributed by atoms with van der Waals surface area (Å²) < 4.78 is 50.2. The van der Waals surface area contributed by atoms with Crippen LogP contribution in [0.4, 0.5) is 18.0 Å². The normalized spacial score (nSPS) is 12.1. The molecule has 5 nitrogen and oxygen atoms in total. The highest BCUT2D eigenvalue weighted by Gasteiger charge is 2.27. The number of benzene rings is 1. The lowest BCUT2D eigenvalue weighted by Crippen LogP contribution is -2.41. The number of nitrogens with zero attached hydrogens (tertiary/aromatic N) is 1. The number of halogens is 3. The van der Waals surface area contributed by atoms with E-state index in [4.69, 9.17) is 9.15 Å². The predicted molar refractivity (Wildman–Crippen MR) is 80.4 cm³/mol. The molecule has 0 aliphatic carbocycles. The third-order valence-electron chi connectivity index (χ3n) is 3.39. The number of methoxy groups -OCH3 is 1. The number of urea groups is 1. The number of hydrogen-bond donors (Lipinski definition) is 1. The van der Waals surface area contributed by atoms with E-state index in [0.717, 1.165) is 6.07 Å². The van der Waals surface area contributed by atoms with Gasteiger partial charge in [-0.3, -0.25) is 0 Å². The Morgan fingerprint density at radius 2 is 2.12 bits per heavy atom. The van der Waals surface area contributed by atoms with E-state index < -0.39 is 24.3 Å². The van der Waals surface area contributed by atoms with E-state index in [9.17, 15) is 18.0 Å². The van der Waals surface area contributed by atoms with E-state index in [1.165, 1.54) is 37.5 Å². The molecule has 0 aliphatic heterocycles. The first kappa shape index (κ1) is 17.7. The lowest BCUT2D eigenvalue weighted by Gasteiger charge is -2.23. The van der Waals surface area contributed by atoms with Crippen molar-refractivity contribution in [1.29, 1.82) is 0 Å². The molecule has 2 amide bonds. The van der Waals surface area contributed by atoms with Crippen molar-refractivity contribution in [3.8, 4) is 5.75 Å². The van der Waals surface area contributed by atoms with Crippen molar-refractivity contribution in [2.75, 3.05) is 14.2 Å². The minimum atomic E-state index is -2.90. The van der Waals surface area contributed by atoms with Gasteiger partial charge in [-0.1, -0.05) is 6.07 Å². The quantitative estimate of drug-likeness (QED) is 0.873. The predicted octanol–water partition coefficient (Wildman–Crippen LogP) is 3.58. The Labute approximate surface area is 137 Å². The molecule has 0 fully saturated rings. The van der Waals surface area contributed by atoms with E-state index in [0.29, 0.717) is 5.76 Å². The van der Waals surface area contributed by atoms with E-state index in [1.54, 1.807) is 12.1 Å². The molecule has 0 spiro atoms. The molecule has 8 heteroatoms. The minimum absolute atomic E-state index is 0.0527. The molecule has 2 aromatic rings. The van der Waals surface area contributed by atoms with Gasteiger partial charge in [-0.05, 0) is 29.8 Å². The van der Waals surface area contributed by atoms with Crippen LogP contribution in [0.25, 0.3) is 0 Å². The zero-order valence-corrected chi connectivity index (χ0v) is 13.1. The zero-order chi connectivity index (χ0) is 17.7. The molecule has 0 radical (unpaired) electrons. The molecular formula is C16H17F3N2O3. The van der Waals surface area contributed by atoms with Crippen LogP contribution in [0.3, 0.4) is 0 Å². The van der Waals surface area contributed by atoms with Crippen LogP contribution in [-0.4, -0.2) is 31.5 Å². The van der Waals surface area contributed by atoms with Gasteiger partial charge in [0.1, 0.15) is 11.8 Å². The Morgan fingerprint density at radius 3 is 2.67 bits per heavy atom. The van der Waals surface area contributed by atoms with Crippen molar-refractivity contribution in [3.63, 3.8) is 0 Å². The average Bonchev–Trinajstić information content (AvgIpc) is 3.04. The number of nitrogens with one attached hydrogen (secondary N) is 1. The van der Waals surface area contributed by atoms with Gasteiger partial charge in [-0.2, -0.15) is 0 Å². The maximum Gasteiger partial charge on any atom is 0.318 e. The number of hydrogen-bond acceptors (Lipinski definition) is 3. The molecule has 0 saturated carbocycles. The van der Waals surface area contributed by atoms with Crippen LogP contribution in [0, 0.1) is 5.82 Å². The molecule has 0 saturated heterocycles. The number of carbonyl (C=O) groups is 1. The molecule has 24 heavy (non-hydrogen) atoms. The first-order valence-electron chi connectivity index (χ1n) is 7.08. The molecule has 2 rings (SSSR count). The molecule has 1 heterocycles. The second-order valence-electron chi connectivity index (χ2n) is 5.09. The molecule has 1 aromatic heterocycles. The smallest absolute Gasteiger partial charge is 0.318 e. The Kier molecular flexibility index (Phi) is 5.73. The second kappa shape index (κ2) is 7.76. The van der Waals surface area contributed by atoms with Gasteiger partial charge >= 0.3 is 6.03 Å². The van der Waals surface area contributed by atoms with E-state index in [-0.39, 0.29) is 17.9 Å². The fourth-order valence-corrected chi connectivity index (χ4v) is 2.12. The average molecular weight is 342 g/mol. The van der Waals surface area contributed by atoms with E-state index in [2.05, 4.69) is 5.32 Å². The first-order valence-corrected chi connectivity index (χ1v) is 7.08. The third kappa shape index (κ3) is 4.21. The molecule has 0 aliphatic rings. The molecule has 1 aromatic carbocycles. The highest BCUT2D eigenvalue weighted by molar-refractivity contribution is 5.74. The van der Waals surface area contributed by atoms with E-state index >= 15 is 0 Å².